The SMILES string of the molecule is COCCOCCCNC1CCCC(C)CC1. The van der Waals surface area contributed by atoms with Crippen LogP contribution in [0.1, 0.15) is 45.4 Å². The van der Waals surface area contributed by atoms with Crippen LogP contribution in [-0.4, -0.2) is 39.5 Å². The van der Waals surface area contributed by atoms with Crippen molar-refractivity contribution in [1.29, 1.82) is 0 Å². The minimum absolute atomic E-state index is 0.702. The Hall–Kier alpha value is -0.120. The minimum Gasteiger partial charge on any atom is -0.382 e. The van der Waals surface area contributed by atoms with E-state index in [1.54, 1.807) is 7.11 Å². The predicted molar refractivity (Wildman–Crippen MR) is 71.4 cm³/mol. The molecule has 3 heteroatoms. The van der Waals surface area contributed by atoms with Crippen molar-refractivity contribution in [2.24, 2.45) is 5.92 Å². The van der Waals surface area contributed by atoms with Gasteiger partial charge in [-0.3, -0.25) is 0 Å². The van der Waals surface area contributed by atoms with Crippen LogP contribution < -0.4 is 5.32 Å². The third kappa shape index (κ3) is 7.74. The first-order valence-electron chi connectivity index (χ1n) is 7.13. The van der Waals surface area contributed by atoms with Gasteiger partial charge in [0.25, 0.3) is 0 Å². The van der Waals surface area contributed by atoms with Crippen LogP contribution in [0.2, 0.25) is 0 Å². The van der Waals surface area contributed by atoms with Gasteiger partial charge in [-0.1, -0.05) is 19.8 Å². The summed E-state index contributed by atoms with van der Waals surface area (Å²) in [6, 6.07) is 0.749. The van der Waals surface area contributed by atoms with Gasteiger partial charge >= 0.3 is 0 Å². The largest absolute Gasteiger partial charge is 0.382 e. The number of ether oxygens (including phenoxy) is 2. The zero-order valence-electron chi connectivity index (χ0n) is 11.5. The molecule has 102 valence electrons. The lowest BCUT2D eigenvalue weighted by Gasteiger charge is -2.16. The van der Waals surface area contributed by atoms with Crippen LogP contribution in [0.5, 0.6) is 0 Å². The van der Waals surface area contributed by atoms with Crippen LogP contribution in [0.15, 0.2) is 0 Å². The lowest BCUT2D eigenvalue weighted by Crippen LogP contribution is -2.30. The first-order chi connectivity index (χ1) is 8.33. The van der Waals surface area contributed by atoms with E-state index < -0.39 is 0 Å². The first kappa shape index (κ1) is 14.9. The highest BCUT2D eigenvalue weighted by Crippen LogP contribution is 2.22. The molecule has 0 aromatic carbocycles. The Morgan fingerprint density at radius 3 is 2.76 bits per heavy atom. The van der Waals surface area contributed by atoms with Gasteiger partial charge < -0.3 is 14.8 Å². The molecular formula is C14H29NO2. The van der Waals surface area contributed by atoms with Crippen LogP contribution in [0.3, 0.4) is 0 Å². The number of nitrogens with one attached hydrogen (secondary N) is 1. The third-order valence-corrected chi connectivity index (χ3v) is 3.59. The summed E-state index contributed by atoms with van der Waals surface area (Å²) in [4.78, 5) is 0. The summed E-state index contributed by atoms with van der Waals surface area (Å²) in [5.41, 5.74) is 0. The maximum Gasteiger partial charge on any atom is 0.0700 e. The molecule has 1 fully saturated rings. The molecule has 0 heterocycles. The summed E-state index contributed by atoms with van der Waals surface area (Å²) in [6.45, 7) is 5.74. The fourth-order valence-electron chi connectivity index (χ4n) is 2.42. The Kier molecular flexibility index (Phi) is 8.67. The molecule has 0 radical (unpaired) electrons. The van der Waals surface area contributed by atoms with Crippen LogP contribution in [0, 0.1) is 5.92 Å². The molecule has 3 nitrogen and oxygen atoms in total. The first-order valence-corrected chi connectivity index (χ1v) is 7.13. The Morgan fingerprint density at radius 1 is 1.06 bits per heavy atom. The normalized spacial score (nSPS) is 25.8. The van der Waals surface area contributed by atoms with E-state index in [0.717, 1.165) is 38.1 Å². The highest BCUT2D eigenvalue weighted by atomic mass is 16.5. The molecule has 0 saturated heterocycles. The molecule has 0 aliphatic heterocycles. The van der Waals surface area contributed by atoms with Crippen molar-refractivity contribution < 1.29 is 9.47 Å². The van der Waals surface area contributed by atoms with Gasteiger partial charge in [-0.15, -0.1) is 0 Å². The van der Waals surface area contributed by atoms with Gasteiger partial charge in [0.1, 0.15) is 0 Å². The lowest BCUT2D eigenvalue weighted by molar-refractivity contribution is 0.0692. The summed E-state index contributed by atoms with van der Waals surface area (Å²) in [5, 5.41) is 3.66. The molecule has 1 rings (SSSR count). The van der Waals surface area contributed by atoms with E-state index in [9.17, 15) is 0 Å². The Balaban J connectivity index is 1.91. The molecule has 1 N–H and O–H groups in total. The highest BCUT2D eigenvalue weighted by molar-refractivity contribution is 4.73. The summed E-state index contributed by atoms with van der Waals surface area (Å²) in [5.74, 6) is 0.930. The predicted octanol–water partition coefficient (Wildman–Crippen LogP) is 2.60. The molecule has 0 aromatic rings. The maximum atomic E-state index is 5.44. The molecule has 0 bridgehead atoms. The van der Waals surface area contributed by atoms with E-state index in [1.807, 2.05) is 0 Å². The maximum absolute atomic E-state index is 5.44. The minimum atomic E-state index is 0.702. The topological polar surface area (TPSA) is 30.5 Å². The van der Waals surface area contributed by atoms with Crippen molar-refractivity contribution in [3.63, 3.8) is 0 Å². The monoisotopic (exact) mass is 243 g/mol. The zero-order chi connectivity index (χ0) is 12.3. The van der Waals surface area contributed by atoms with Crippen molar-refractivity contribution in [1.82, 2.24) is 5.32 Å². The van der Waals surface area contributed by atoms with Crippen LogP contribution in [-0.2, 0) is 9.47 Å². The molecule has 0 aromatic heterocycles. The standard InChI is InChI=1S/C14H29NO2/c1-13-5-3-6-14(8-7-13)15-9-4-10-17-12-11-16-2/h13-15H,3-12H2,1-2H3. The summed E-state index contributed by atoms with van der Waals surface area (Å²) in [6.07, 6.45) is 8.01. The second-order valence-electron chi connectivity index (χ2n) is 5.22. The third-order valence-electron chi connectivity index (χ3n) is 3.59. The van der Waals surface area contributed by atoms with Gasteiger partial charge in [0.15, 0.2) is 0 Å². The van der Waals surface area contributed by atoms with Gasteiger partial charge in [-0.2, -0.15) is 0 Å². The number of hydrogen-bond donors (Lipinski definition) is 1. The quantitative estimate of drug-likeness (QED) is 0.525. The number of rotatable bonds is 8. The Morgan fingerprint density at radius 2 is 1.94 bits per heavy atom. The molecule has 1 aliphatic carbocycles. The molecular weight excluding hydrogens is 214 g/mol. The van der Waals surface area contributed by atoms with Crippen molar-refractivity contribution in [2.45, 2.75) is 51.5 Å². The van der Waals surface area contributed by atoms with Crippen molar-refractivity contribution >= 4 is 0 Å². The molecule has 1 saturated carbocycles. The fraction of sp³-hybridized carbons (Fsp3) is 1.00. The van der Waals surface area contributed by atoms with Crippen molar-refractivity contribution in [2.75, 3.05) is 33.5 Å². The molecule has 0 spiro atoms. The molecule has 1 aliphatic rings. The van der Waals surface area contributed by atoms with Crippen LogP contribution in [0.4, 0.5) is 0 Å². The highest BCUT2D eigenvalue weighted by Gasteiger charge is 2.14. The smallest absolute Gasteiger partial charge is 0.0700 e. The van der Waals surface area contributed by atoms with Gasteiger partial charge in [0.05, 0.1) is 13.2 Å². The summed E-state index contributed by atoms with van der Waals surface area (Å²) < 4.78 is 10.4. The van der Waals surface area contributed by atoms with Crippen LogP contribution >= 0.6 is 0 Å². The van der Waals surface area contributed by atoms with Gasteiger partial charge in [-0.25, -0.2) is 0 Å². The van der Waals surface area contributed by atoms with E-state index in [0.29, 0.717) is 6.61 Å². The Bertz CT molecular complexity index is 176. The van der Waals surface area contributed by atoms with E-state index >= 15 is 0 Å². The van der Waals surface area contributed by atoms with E-state index in [2.05, 4.69) is 12.2 Å². The van der Waals surface area contributed by atoms with Gasteiger partial charge in [-0.05, 0) is 38.1 Å². The van der Waals surface area contributed by atoms with Gasteiger partial charge in [0, 0.05) is 19.8 Å². The summed E-state index contributed by atoms with van der Waals surface area (Å²) >= 11 is 0. The van der Waals surface area contributed by atoms with E-state index in [-0.39, 0.29) is 0 Å². The van der Waals surface area contributed by atoms with Crippen molar-refractivity contribution in [3.05, 3.63) is 0 Å². The van der Waals surface area contributed by atoms with Crippen molar-refractivity contribution in [3.8, 4) is 0 Å². The fourth-order valence-corrected chi connectivity index (χ4v) is 2.42. The second-order valence-corrected chi connectivity index (χ2v) is 5.22. The molecule has 2 unspecified atom stereocenters. The van der Waals surface area contributed by atoms with Gasteiger partial charge in [0.2, 0.25) is 0 Å². The molecule has 2 atom stereocenters. The second kappa shape index (κ2) is 9.86. The van der Waals surface area contributed by atoms with E-state index in [1.165, 1.54) is 32.1 Å². The molecule has 17 heavy (non-hydrogen) atoms. The van der Waals surface area contributed by atoms with E-state index in [4.69, 9.17) is 9.47 Å². The average Bonchev–Trinajstić information content (AvgIpc) is 2.53. The lowest BCUT2D eigenvalue weighted by atomic mass is 10.0. The summed E-state index contributed by atoms with van der Waals surface area (Å²) in [7, 11) is 1.71. The van der Waals surface area contributed by atoms with Crippen LogP contribution in [0.25, 0.3) is 0 Å². The average molecular weight is 243 g/mol. The zero-order valence-corrected chi connectivity index (χ0v) is 11.5. The number of hydrogen-bond acceptors (Lipinski definition) is 3. The Labute approximate surface area is 106 Å². The number of methoxy groups -OCH3 is 1. The molecule has 0 amide bonds.